The quantitative estimate of drug-likeness (QED) is 0.489. The Hall–Kier alpha value is -2.31. The number of hydrogen-bond acceptors (Lipinski definition) is 6. The second kappa shape index (κ2) is 10.5. The molecule has 2 aromatic heterocycles. The molecule has 0 saturated heterocycles. The highest BCUT2D eigenvalue weighted by molar-refractivity contribution is 6.29. The Morgan fingerprint density at radius 2 is 1.62 bits per heavy atom. The van der Waals surface area contributed by atoms with Gasteiger partial charge < -0.3 is 10.1 Å². The van der Waals surface area contributed by atoms with Crippen molar-refractivity contribution in [3.8, 4) is 0 Å². The molecule has 0 aliphatic rings. The maximum Gasteiger partial charge on any atom is 0.161 e. The van der Waals surface area contributed by atoms with Crippen LogP contribution in [0.25, 0.3) is 0 Å². The van der Waals surface area contributed by atoms with Crippen molar-refractivity contribution < 1.29 is 14.3 Å². The SMILES string of the molecule is CC(=O)c1ccc(Cl)nc1.COCCNc1ccc(C(C)=O)cn1. The highest BCUT2D eigenvalue weighted by Gasteiger charge is 1.99. The topological polar surface area (TPSA) is 81.2 Å². The van der Waals surface area contributed by atoms with Gasteiger partial charge in [0.2, 0.25) is 0 Å². The van der Waals surface area contributed by atoms with Gasteiger partial charge in [-0.05, 0) is 38.1 Å². The summed E-state index contributed by atoms with van der Waals surface area (Å²) in [7, 11) is 1.65. The van der Waals surface area contributed by atoms with E-state index in [2.05, 4.69) is 15.3 Å². The number of halogens is 1. The molecule has 0 aromatic carbocycles. The predicted octanol–water partition coefficient (Wildman–Crippen LogP) is 3.28. The van der Waals surface area contributed by atoms with E-state index in [0.29, 0.717) is 29.4 Å². The van der Waals surface area contributed by atoms with E-state index >= 15 is 0 Å². The molecular formula is C17H20ClN3O3. The first-order chi connectivity index (χ1) is 11.4. The van der Waals surface area contributed by atoms with Crippen molar-refractivity contribution >= 4 is 29.0 Å². The summed E-state index contributed by atoms with van der Waals surface area (Å²) in [6.07, 6.45) is 3.03. The van der Waals surface area contributed by atoms with Crippen LogP contribution in [0.2, 0.25) is 5.15 Å². The van der Waals surface area contributed by atoms with E-state index < -0.39 is 0 Å². The van der Waals surface area contributed by atoms with Crippen LogP contribution in [0.3, 0.4) is 0 Å². The number of carbonyl (C=O) groups is 2. The lowest BCUT2D eigenvalue weighted by molar-refractivity contribution is 0.100. The Balaban J connectivity index is 0.000000254. The van der Waals surface area contributed by atoms with Crippen LogP contribution in [0, 0.1) is 0 Å². The molecule has 2 rings (SSSR count). The van der Waals surface area contributed by atoms with Crippen molar-refractivity contribution in [3.63, 3.8) is 0 Å². The molecule has 24 heavy (non-hydrogen) atoms. The molecule has 128 valence electrons. The van der Waals surface area contributed by atoms with Gasteiger partial charge >= 0.3 is 0 Å². The van der Waals surface area contributed by atoms with Gasteiger partial charge in [-0.15, -0.1) is 0 Å². The molecule has 0 radical (unpaired) electrons. The highest BCUT2D eigenvalue weighted by Crippen LogP contribution is 2.05. The summed E-state index contributed by atoms with van der Waals surface area (Å²) in [5, 5.41) is 3.47. The average Bonchev–Trinajstić information content (AvgIpc) is 2.56. The summed E-state index contributed by atoms with van der Waals surface area (Å²) in [5.41, 5.74) is 1.21. The summed E-state index contributed by atoms with van der Waals surface area (Å²) < 4.78 is 4.88. The summed E-state index contributed by atoms with van der Waals surface area (Å²) >= 11 is 5.49. The second-order valence-corrected chi connectivity index (χ2v) is 5.22. The number of hydrogen-bond donors (Lipinski definition) is 1. The first-order valence-electron chi connectivity index (χ1n) is 7.26. The Morgan fingerprint density at radius 1 is 1.04 bits per heavy atom. The van der Waals surface area contributed by atoms with Gasteiger partial charge in [-0.1, -0.05) is 11.6 Å². The maximum atomic E-state index is 10.9. The number of carbonyl (C=O) groups excluding carboxylic acids is 2. The van der Waals surface area contributed by atoms with Crippen LogP contribution in [-0.2, 0) is 4.74 Å². The lowest BCUT2D eigenvalue weighted by Gasteiger charge is -2.04. The van der Waals surface area contributed by atoms with Crippen LogP contribution in [0.1, 0.15) is 34.6 Å². The summed E-state index contributed by atoms with van der Waals surface area (Å²) in [4.78, 5) is 29.4. The van der Waals surface area contributed by atoms with Gasteiger partial charge in [0.1, 0.15) is 11.0 Å². The predicted molar refractivity (Wildman–Crippen MR) is 93.9 cm³/mol. The third-order valence-electron chi connectivity index (χ3n) is 2.92. The molecule has 7 heteroatoms. The number of nitrogens with zero attached hydrogens (tertiary/aromatic N) is 2. The van der Waals surface area contributed by atoms with Gasteiger partial charge in [-0.25, -0.2) is 9.97 Å². The van der Waals surface area contributed by atoms with Crippen LogP contribution < -0.4 is 5.32 Å². The van der Waals surface area contributed by atoms with E-state index in [9.17, 15) is 9.59 Å². The van der Waals surface area contributed by atoms with Gasteiger partial charge in [0.05, 0.1) is 6.61 Å². The standard InChI is InChI=1S/C10H14N2O2.C7H6ClNO/c1-8(13)9-3-4-10(12-7-9)11-5-6-14-2;1-5(10)6-2-3-7(8)9-4-6/h3-4,7H,5-6H2,1-2H3,(H,11,12);2-4H,1H3. The lowest BCUT2D eigenvalue weighted by atomic mass is 10.2. The van der Waals surface area contributed by atoms with E-state index in [1.807, 2.05) is 0 Å². The molecule has 0 aliphatic heterocycles. The number of anilines is 1. The van der Waals surface area contributed by atoms with E-state index in [1.165, 1.54) is 20.0 Å². The first-order valence-corrected chi connectivity index (χ1v) is 7.64. The zero-order chi connectivity index (χ0) is 17.9. The molecule has 0 bridgehead atoms. The molecule has 0 aliphatic carbocycles. The van der Waals surface area contributed by atoms with Gasteiger partial charge in [-0.3, -0.25) is 9.59 Å². The maximum absolute atomic E-state index is 10.9. The second-order valence-electron chi connectivity index (χ2n) is 4.83. The van der Waals surface area contributed by atoms with Gasteiger partial charge in [-0.2, -0.15) is 0 Å². The monoisotopic (exact) mass is 349 g/mol. The van der Waals surface area contributed by atoms with Crippen molar-refractivity contribution in [1.29, 1.82) is 0 Å². The Kier molecular flexibility index (Phi) is 8.60. The van der Waals surface area contributed by atoms with E-state index in [1.54, 1.807) is 37.6 Å². The smallest absolute Gasteiger partial charge is 0.161 e. The Labute approximate surface area is 146 Å². The fraction of sp³-hybridized carbons (Fsp3) is 0.294. The van der Waals surface area contributed by atoms with E-state index in [-0.39, 0.29) is 11.6 Å². The Morgan fingerprint density at radius 3 is 2.04 bits per heavy atom. The number of aromatic nitrogens is 2. The van der Waals surface area contributed by atoms with Crippen LogP contribution in [0.5, 0.6) is 0 Å². The van der Waals surface area contributed by atoms with Gasteiger partial charge in [0, 0.05) is 37.2 Å². The molecule has 0 spiro atoms. The minimum absolute atomic E-state index is 0.00386. The number of methoxy groups -OCH3 is 1. The summed E-state index contributed by atoms with van der Waals surface area (Å²) in [5.74, 6) is 0.789. The zero-order valence-electron chi connectivity index (χ0n) is 13.9. The number of ether oxygens (including phenoxy) is 1. The van der Waals surface area contributed by atoms with Crippen molar-refractivity contribution in [3.05, 3.63) is 52.9 Å². The van der Waals surface area contributed by atoms with E-state index in [0.717, 1.165) is 5.82 Å². The number of nitrogens with one attached hydrogen (secondary N) is 1. The molecule has 1 N–H and O–H groups in total. The van der Waals surface area contributed by atoms with Crippen LogP contribution in [0.15, 0.2) is 36.7 Å². The summed E-state index contributed by atoms with van der Waals surface area (Å²) in [6, 6.07) is 6.78. The normalized spacial score (nSPS) is 9.67. The number of Topliss-reactive ketones (excluding diaryl/α,β-unsaturated/α-hetero) is 2. The highest BCUT2D eigenvalue weighted by atomic mass is 35.5. The van der Waals surface area contributed by atoms with Crippen molar-refractivity contribution in [1.82, 2.24) is 9.97 Å². The average molecular weight is 350 g/mol. The van der Waals surface area contributed by atoms with Crippen LogP contribution in [-0.4, -0.2) is 41.8 Å². The van der Waals surface area contributed by atoms with Crippen LogP contribution >= 0.6 is 11.6 Å². The fourth-order valence-corrected chi connectivity index (χ4v) is 1.68. The molecule has 2 heterocycles. The molecule has 0 saturated carbocycles. The lowest BCUT2D eigenvalue weighted by Crippen LogP contribution is -2.08. The van der Waals surface area contributed by atoms with Crippen molar-refractivity contribution in [2.75, 3.05) is 25.6 Å². The van der Waals surface area contributed by atoms with Gasteiger partial charge in [0.15, 0.2) is 11.6 Å². The molecule has 0 amide bonds. The first kappa shape index (κ1) is 19.7. The van der Waals surface area contributed by atoms with Crippen molar-refractivity contribution in [2.45, 2.75) is 13.8 Å². The van der Waals surface area contributed by atoms with Crippen molar-refractivity contribution in [2.24, 2.45) is 0 Å². The fourth-order valence-electron chi connectivity index (χ4n) is 1.57. The molecule has 0 atom stereocenters. The van der Waals surface area contributed by atoms with Crippen LogP contribution in [0.4, 0.5) is 5.82 Å². The molecular weight excluding hydrogens is 330 g/mol. The largest absolute Gasteiger partial charge is 0.383 e. The zero-order valence-corrected chi connectivity index (χ0v) is 14.6. The minimum Gasteiger partial charge on any atom is -0.383 e. The third kappa shape index (κ3) is 7.30. The number of rotatable bonds is 6. The minimum atomic E-state index is 0.00386. The molecule has 0 unspecified atom stereocenters. The Bertz CT molecular complexity index is 658. The van der Waals surface area contributed by atoms with E-state index in [4.69, 9.17) is 16.3 Å². The summed E-state index contributed by atoms with van der Waals surface area (Å²) in [6.45, 7) is 4.36. The molecule has 0 fully saturated rings. The molecule has 6 nitrogen and oxygen atoms in total. The van der Waals surface area contributed by atoms with Gasteiger partial charge in [0.25, 0.3) is 0 Å². The number of ketones is 2. The number of pyridine rings is 2. The third-order valence-corrected chi connectivity index (χ3v) is 3.14. The molecule has 2 aromatic rings.